The van der Waals surface area contributed by atoms with Crippen LogP contribution in [0.5, 0.6) is 5.75 Å². The monoisotopic (exact) mass is 404 g/mol. The molecule has 0 bridgehead atoms. The first-order valence-corrected chi connectivity index (χ1v) is 11.2. The minimum absolute atomic E-state index is 0.0295. The maximum absolute atomic E-state index is 12.6. The average Bonchev–Trinajstić information content (AvgIpc) is 3.09. The summed E-state index contributed by atoms with van der Waals surface area (Å²) in [5.74, 6) is 0.758. The molecule has 4 rings (SSSR count). The number of hydrogen-bond donors (Lipinski definition) is 0. The van der Waals surface area contributed by atoms with E-state index in [0.29, 0.717) is 39.0 Å². The summed E-state index contributed by atoms with van der Waals surface area (Å²) in [7, 11) is -3.37. The van der Waals surface area contributed by atoms with Crippen molar-refractivity contribution < 1.29 is 17.9 Å². The zero-order valence-electron chi connectivity index (χ0n) is 15.8. The van der Waals surface area contributed by atoms with Gasteiger partial charge in [-0.05, 0) is 6.07 Å². The number of para-hydroxylation sites is 1. The predicted octanol–water partition coefficient (Wildman–Crippen LogP) is 1.10. The first-order chi connectivity index (χ1) is 13.3. The van der Waals surface area contributed by atoms with E-state index in [2.05, 4.69) is 4.98 Å². The smallest absolute Gasteiger partial charge is 0.242 e. The number of aromatic nitrogens is 2. The van der Waals surface area contributed by atoms with Crippen LogP contribution in [0.15, 0.2) is 43.0 Å². The van der Waals surface area contributed by atoms with Crippen molar-refractivity contribution in [2.75, 3.05) is 25.9 Å². The number of sulfonamides is 1. The third-order valence-corrected chi connectivity index (χ3v) is 6.68. The molecular formula is C19H24N4O4S. The Morgan fingerprint density at radius 2 is 2.00 bits per heavy atom. The lowest BCUT2D eigenvalue weighted by Gasteiger charge is -2.42. The summed E-state index contributed by atoms with van der Waals surface area (Å²) < 4.78 is 34.3. The summed E-state index contributed by atoms with van der Waals surface area (Å²) in [6, 6.07) is 7.57. The Kier molecular flexibility index (Phi) is 4.88. The highest BCUT2D eigenvalue weighted by molar-refractivity contribution is 7.88. The molecule has 9 heteroatoms. The van der Waals surface area contributed by atoms with Crippen LogP contribution in [0.25, 0.3) is 0 Å². The fourth-order valence-electron chi connectivity index (χ4n) is 3.86. The van der Waals surface area contributed by atoms with Gasteiger partial charge in [-0.15, -0.1) is 0 Å². The SMILES string of the molecule is CS(=O)(=O)N1Cc2ccccc2OC2(CCN(C(=O)Cn3ccnc3)CC2)C1. The number of carbonyl (C=O) groups excluding carboxylic acids is 1. The molecule has 1 spiro atoms. The molecule has 1 aromatic carbocycles. The number of piperidine rings is 1. The topological polar surface area (TPSA) is 84.7 Å². The lowest BCUT2D eigenvalue weighted by molar-refractivity contribution is -0.135. The summed E-state index contributed by atoms with van der Waals surface area (Å²) in [6.07, 6.45) is 7.44. The molecule has 0 aliphatic carbocycles. The van der Waals surface area contributed by atoms with Crippen LogP contribution < -0.4 is 4.74 Å². The van der Waals surface area contributed by atoms with E-state index in [0.717, 1.165) is 11.3 Å². The van der Waals surface area contributed by atoms with Gasteiger partial charge in [0.1, 0.15) is 17.9 Å². The van der Waals surface area contributed by atoms with Gasteiger partial charge < -0.3 is 14.2 Å². The number of benzene rings is 1. The first kappa shape index (κ1) is 18.9. The van der Waals surface area contributed by atoms with Gasteiger partial charge in [0.2, 0.25) is 15.9 Å². The lowest BCUT2D eigenvalue weighted by atomic mass is 9.90. The molecule has 3 heterocycles. The number of fused-ring (bicyclic) bond motifs is 1. The number of carbonyl (C=O) groups is 1. The normalized spacial score (nSPS) is 19.7. The highest BCUT2D eigenvalue weighted by Gasteiger charge is 2.43. The van der Waals surface area contributed by atoms with Crippen LogP contribution in [0.2, 0.25) is 0 Å². The van der Waals surface area contributed by atoms with Crippen LogP contribution in [0.4, 0.5) is 0 Å². The largest absolute Gasteiger partial charge is 0.485 e. The summed E-state index contributed by atoms with van der Waals surface area (Å²) in [4.78, 5) is 18.3. The Labute approximate surface area is 164 Å². The van der Waals surface area contributed by atoms with Crippen LogP contribution in [-0.2, 0) is 27.9 Å². The van der Waals surface area contributed by atoms with Crippen molar-refractivity contribution in [2.45, 2.75) is 31.5 Å². The van der Waals surface area contributed by atoms with Crippen LogP contribution in [0.1, 0.15) is 18.4 Å². The summed E-state index contributed by atoms with van der Waals surface area (Å²) in [5, 5.41) is 0. The van der Waals surface area contributed by atoms with Crippen molar-refractivity contribution in [1.82, 2.24) is 18.8 Å². The van der Waals surface area contributed by atoms with E-state index >= 15 is 0 Å². The zero-order chi connectivity index (χ0) is 19.8. The highest BCUT2D eigenvalue weighted by Crippen LogP contribution is 2.36. The Hall–Kier alpha value is -2.39. The minimum Gasteiger partial charge on any atom is -0.485 e. The number of hydrogen-bond acceptors (Lipinski definition) is 5. The third-order valence-electron chi connectivity index (χ3n) is 5.48. The predicted molar refractivity (Wildman–Crippen MR) is 103 cm³/mol. The molecule has 1 aromatic heterocycles. The van der Waals surface area contributed by atoms with E-state index in [-0.39, 0.29) is 12.5 Å². The van der Waals surface area contributed by atoms with Gasteiger partial charge in [0.25, 0.3) is 0 Å². The van der Waals surface area contributed by atoms with Crippen molar-refractivity contribution in [3.8, 4) is 5.75 Å². The second-order valence-electron chi connectivity index (χ2n) is 7.54. The molecule has 1 saturated heterocycles. The van der Waals surface area contributed by atoms with E-state index < -0.39 is 15.6 Å². The second kappa shape index (κ2) is 7.21. The molecular weight excluding hydrogens is 380 g/mol. The maximum atomic E-state index is 12.6. The lowest BCUT2D eigenvalue weighted by Crippen LogP contribution is -2.55. The molecule has 2 aromatic rings. The number of imidazole rings is 1. The number of amides is 1. The molecule has 0 unspecified atom stereocenters. The van der Waals surface area contributed by atoms with Gasteiger partial charge in [-0.3, -0.25) is 4.79 Å². The zero-order valence-corrected chi connectivity index (χ0v) is 16.6. The van der Waals surface area contributed by atoms with E-state index in [9.17, 15) is 13.2 Å². The Morgan fingerprint density at radius 3 is 2.68 bits per heavy atom. The van der Waals surface area contributed by atoms with Crippen molar-refractivity contribution in [3.63, 3.8) is 0 Å². The first-order valence-electron chi connectivity index (χ1n) is 9.30. The van der Waals surface area contributed by atoms with Gasteiger partial charge in [-0.1, -0.05) is 18.2 Å². The van der Waals surface area contributed by atoms with Gasteiger partial charge in [0.05, 0.1) is 19.1 Å². The fraction of sp³-hybridized carbons (Fsp3) is 0.474. The molecule has 2 aliphatic rings. The molecule has 8 nitrogen and oxygen atoms in total. The van der Waals surface area contributed by atoms with Crippen molar-refractivity contribution >= 4 is 15.9 Å². The third kappa shape index (κ3) is 3.90. The summed E-state index contributed by atoms with van der Waals surface area (Å²) in [6.45, 7) is 1.93. The minimum atomic E-state index is -3.37. The second-order valence-corrected chi connectivity index (χ2v) is 9.52. The fourth-order valence-corrected chi connectivity index (χ4v) is 4.70. The molecule has 28 heavy (non-hydrogen) atoms. The van der Waals surface area contributed by atoms with Crippen LogP contribution in [-0.4, -0.2) is 64.6 Å². The van der Waals surface area contributed by atoms with Gasteiger partial charge in [-0.2, -0.15) is 4.31 Å². The van der Waals surface area contributed by atoms with Gasteiger partial charge in [0, 0.05) is 50.4 Å². The maximum Gasteiger partial charge on any atom is 0.242 e. The van der Waals surface area contributed by atoms with Crippen LogP contribution >= 0.6 is 0 Å². The molecule has 1 amide bonds. The van der Waals surface area contributed by atoms with Crippen molar-refractivity contribution in [2.24, 2.45) is 0 Å². The highest BCUT2D eigenvalue weighted by atomic mass is 32.2. The van der Waals surface area contributed by atoms with Gasteiger partial charge >= 0.3 is 0 Å². The molecule has 0 radical (unpaired) electrons. The number of nitrogens with zero attached hydrogens (tertiary/aromatic N) is 4. The molecule has 0 saturated carbocycles. The van der Waals surface area contributed by atoms with Crippen LogP contribution in [0.3, 0.4) is 0 Å². The molecule has 150 valence electrons. The number of rotatable bonds is 3. The molecule has 1 fully saturated rings. The molecule has 0 atom stereocenters. The number of likely N-dealkylation sites (tertiary alicyclic amines) is 1. The molecule has 2 aliphatic heterocycles. The standard InChI is InChI=1S/C19H24N4O4S/c1-28(25,26)23-12-16-4-2-3-5-17(16)27-19(14-23)6-9-22(10-7-19)18(24)13-21-11-8-20-15-21/h2-5,8,11,15H,6-7,9-10,12-14H2,1H3. The van der Waals surface area contributed by atoms with E-state index in [4.69, 9.17) is 4.74 Å². The quantitative estimate of drug-likeness (QED) is 0.765. The van der Waals surface area contributed by atoms with E-state index in [1.807, 2.05) is 29.2 Å². The van der Waals surface area contributed by atoms with Crippen molar-refractivity contribution in [1.29, 1.82) is 0 Å². The summed E-state index contributed by atoms with van der Waals surface area (Å²) in [5.41, 5.74) is 0.241. The Bertz CT molecular complexity index is 950. The molecule has 0 N–H and O–H groups in total. The average molecular weight is 404 g/mol. The van der Waals surface area contributed by atoms with E-state index in [1.54, 1.807) is 23.3 Å². The van der Waals surface area contributed by atoms with Gasteiger partial charge in [0.15, 0.2) is 0 Å². The van der Waals surface area contributed by atoms with Crippen LogP contribution in [0, 0.1) is 0 Å². The Morgan fingerprint density at radius 1 is 1.25 bits per heavy atom. The van der Waals surface area contributed by atoms with E-state index in [1.165, 1.54) is 10.6 Å². The number of ether oxygens (including phenoxy) is 1. The van der Waals surface area contributed by atoms with Crippen molar-refractivity contribution in [3.05, 3.63) is 48.5 Å². The Balaban J connectivity index is 1.52. The summed E-state index contributed by atoms with van der Waals surface area (Å²) >= 11 is 0. The van der Waals surface area contributed by atoms with Gasteiger partial charge in [-0.25, -0.2) is 13.4 Å².